The first-order valence-corrected chi connectivity index (χ1v) is 12.0. The Morgan fingerprint density at radius 2 is 1.74 bits per heavy atom. The molecule has 4 rings (SSSR count). The number of benzene rings is 2. The number of carbonyl (C=O) groups excluding carboxylic acids is 1. The van der Waals surface area contributed by atoms with Crippen molar-refractivity contribution >= 4 is 11.9 Å². The molecule has 0 aliphatic carbocycles. The quantitative estimate of drug-likeness (QED) is 0.134. The van der Waals surface area contributed by atoms with Gasteiger partial charge in [0.15, 0.2) is 18.2 Å². The van der Waals surface area contributed by atoms with Gasteiger partial charge in [0.05, 0.1) is 25.4 Å². The minimum atomic E-state index is -2.02. The molecular weight excluding hydrogens is 520 g/mol. The molecule has 8 N–H and O–H groups in total. The molecule has 2 heterocycles. The van der Waals surface area contributed by atoms with Crippen molar-refractivity contribution in [1.82, 2.24) is 0 Å². The van der Waals surface area contributed by atoms with Gasteiger partial charge < -0.3 is 59.8 Å². The zero-order chi connectivity index (χ0) is 28.3. The van der Waals surface area contributed by atoms with Crippen LogP contribution in [0.1, 0.15) is 15.9 Å². The minimum absolute atomic E-state index is 0.0369. The fourth-order valence-corrected chi connectivity index (χ4v) is 4.13. The predicted octanol–water partition coefficient (Wildman–Crippen LogP) is -1.36. The Kier molecular flexibility index (Phi) is 8.86. The summed E-state index contributed by atoms with van der Waals surface area (Å²) in [7, 11) is 0. The van der Waals surface area contributed by atoms with Crippen LogP contribution < -0.4 is 4.74 Å². The van der Waals surface area contributed by atoms with E-state index in [1.807, 2.05) is 0 Å². The molecule has 0 amide bonds. The molecule has 212 valence electrons. The molecular formula is C26H30O13. The van der Waals surface area contributed by atoms with Gasteiger partial charge in [-0.2, -0.15) is 0 Å². The average molecular weight is 551 g/mol. The number of rotatable bonds is 9. The Labute approximate surface area is 222 Å². The van der Waals surface area contributed by atoms with E-state index in [9.17, 15) is 45.6 Å². The van der Waals surface area contributed by atoms with Gasteiger partial charge in [0.25, 0.3) is 0 Å². The maximum atomic E-state index is 12.6. The SMILES string of the molecule is O=C(/C=C/c1ccc(O)cc1)c1ccc(O[C@@H]2O[C@H](CO)[C@@H](O)[C@H](O)[C@H]2O[C@@H]2OC[C@](O)(CO)[C@H]2O)cc1O. The van der Waals surface area contributed by atoms with Gasteiger partial charge in [-0.1, -0.05) is 18.2 Å². The van der Waals surface area contributed by atoms with Gasteiger partial charge in [-0.15, -0.1) is 0 Å². The van der Waals surface area contributed by atoms with Gasteiger partial charge >= 0.3 is 0 Å². The largest absolute Gasteiger partial charge is 0.508 e. The molecule has 13 nitrogen and oxygen atoms in total. The van der Waals surface area contributed by atoms with Gasteiger partial charge in [0.1, 0.15) is 47.3 Å². The highest BCUT2D eigenvalue weighted by molar-refractivity contribution is 6.08. The summed E-state index contributed by atoms with van der Waals surface area (Å²) < 4.78 is 22.0. The topological polar surface area (TPSA) is 216 Å². The standard InChI is InChI=1S/C26H30O13/c27-10-19-20(32)21(33)22(39-25-23(34)26(35,11-28)12-36-25)24(38-19)37-15-6-7-16(18(31)9-15)17(30)8-3-13-1-4-14(29)5-2-13/h1-9,19-25,27-29,31-35H,10-12H2/b8-3+/t19-,20-,21+,22-,23+,24-,25+,26-/m1/s1. The van der Waals surface area contributed by atoms with Gasteiger partial charge in [0, 0.05) is 6.07 Å². The predicted molar refractivity (Wildman–Crippen MR) is 131 cm³/mol. The molecule has 0 radical (unpaired) electrons. The molecule has 0 saturated carbocycles. The second-order valence-electron chi connectivity index (χ2n) is 9.28. The van der Waals surface area contributed by atoms with Crippen LogP contribution in [0.2, 0.25) is 0 Å². The lowest BCUT2D eigenvalue weighted by Crippen LogP contribution is -2.62. The highest BCUT2D eigenvalue weighted by Crippen LogP contribution is 2.33. The van der Waals surface area contributed by atoms with E-state index in [1.165, 1.54) is 36.4 Å². The number of allylic oxidation sites excluding steroid dienone is 1. The normalized spacial score (nSPS) is 32.9. The van der Waals surface area contributed by atoms with E-state index < -0.39 is 80.1 Å². The van der Waals surface area contributed by atoms with Gasteiger partial charge in [0.2, 0.25) is 6.29 Å². The Balaban J connectivity index is 1.50. The van der Waals surface area contributed by atoms with Crippen LogP contribution in [-0.2, 0) is 14.2 Å². The molecule has 2 fully saturated rings. The van der Waals surface area contributed by atoms with E-state index in [1.54, 1.807) is 12.1 Å². The van der Waals surface area contributed by atoms with E-state index in [0.29, 0.717) is 5.56 Å². The first kappa shape index (κ1) is 28.9. The third-order valence-electron chi connectivity index (χ3n) is 6.50. The van der Waals surface area contributed by atoms with Crippen LogP contribution in [0.25, 0.3) is 6.08 Å². The lowest BCUT2D eigenvalue weighted by molar-refractivity contribution is -0.318. The fraction of sp³-hybridized carbons (Fsp3) is 0.423. The Hall–Kier alpha value is -3.11. The Morgan fingerprint density at radius 3 is 2.36 bits per heavy atom. The summed E-state index contributed by atoms with van der Waals surface area (Å²) in [4.78, 5) is 12.6. The number of hydrogen-bond donors (Lipinski definition) is 8. The Bertz CT molecular complexity index is 1170. The second kappa shape index (κ2) is 12.0. The molecule has 0 unspecified atom stereocenters. The number of phenolic OH excluding ortho intramolecular Hbond substituents is 2. The van der Waals surface area contributed by atoms with Gasteiger partial charge in [-0.3, -0.25) is 4.79 Å². The summed E-state index contributed by atoms with van der Waals surface area (Å²) in [6, 6.07) is 9.85. The molecule has 0 bridgehead atoms. The summed E-state index contributed by atoms with van der Waals surface area (Å²) >= 11 is 0. The van der Waals surface area contributed by atoms with Crippen LogP contribution in [-0.4, -0.2) is 115 Å². The molecule has 2 aliphatic rings. The van der Waals surface area contributed by atoms with Crippen LogP contribution in [0, 0.1) is 0 Å². The lowest BCUT2D eigenvalue weighted by atomic mass is 9.98. The number of aliphatic hydroxyl groups is 6. The summed E-state index contributed by atoms with van der Waals surface area (Å²) in [5, 5.41) is 80.2. The van der Waals surface area contributed by atoms with Crippen molar-refractivity contribution in [1.29, 1.82) is 0 Å². The maximum Gasteiger partial charge on any atom is 0.229 e. The van der Waals surface area contributed by atoms with Crippen molar-refractivity contribution in [2.45, 2.75) is 48.7 Å². The average Bonchev–Trinajstić information content (AvgIpc) is 3.21. The van der Waals surface area contributed by atoms with Crippen LogP contribution in [0.15, 0.2) is 48.5 Å². The van der Waals surface area contributed by atoms with Gasteiger partial charge in [-0.25, -0.2) is 0 Å². The zero-order valence-corrected chi connectivity index (χ0v) is 20.5. The number of carbonyl (C=O) groups is 1. The highest BCUT2D eigenvalue weighted by atomic mass is 16.8. The number of hydrogen-bond acceptors (Lipinski definition) is 13. The van der Waals surface area contributed by atoms with E-state index in [4.69, 9.17) is 18.9 Å². The van der Waals surface area contributed by atoms with Crippen molar-refractivity contribution in [2.24, 2.45) is 0 Å². The molecule has 8 atom stereocenters. The number of aliphatic hydroxyl groups excluding tert-OH is 5. The van der Waals surface area contributed by atoms with Crippen molar-refractivity contribution < 1.29 is 64.6 Å². The first-order chi connectivity index (χ1) is 18.6. The van der Waals surface area contributed by atoms with Crippen LogP contribution >= 0.6 is 0 Å². The zero-order valence-electron chi connectivity index (χ0n) is 20.5. The molecule has 0 aromatic heterocycles. The van der Waals surface area contributed by atoms with Crippen LogP contribution in [0.5, 0.6) is 17.2 Å². The monoisotopic (exact) mass is 550 g/mol. The third kappa shape index (κ3) is 6.22. The van der Waals surface area contributed by atoms with Crippen LogP contribution in [0.4, 0.5) is 0 Å². The van der Waals surface area contributed by atoms with Crippen LogP contribution in [0.3, 0.4) is 0 Å². The summed E-state index contributed by atoms with van der Waals surface area (Å²) in [6.07, 6.45) is -8.18. The lowest BCUT2D eigenvalue weighted by Gasteiger charge is -2.42. The molecule has 2 saturated heterocycles. The summed E-state index contributed by atoms with van der Waals surface area (Å²) in [5.74, 6) is -0.926. The highest BCUT2D eigenvalue weighted by Gasteiger charge is 2.53. The molecule has 13 heteroatoms. The minimum Gasteiger partial charge on any atom is -0.508 e. The van der Waals surface area contributed by atoms with Crippen molar-refractivity contribution in [3.05, 3.63) is 59.7 Å². The van der Waals surface area contributed by atoms with Gasteiger partial charge in [-0.05, 0) is 35.9 Å². The molecule has 2 aromatic rings. The molecule has 2 aromatic carbocycles. The van der Waals surface area contributed by atoms with E-state index in [-0.39, 0.29) is 17.1 Å². The van der Waals surface area contributed by atoms with Crippen molar-refractivity contribution in [3.63, 3.8) is 0 Å². The van der Waals surface area contributed by atoms with Crippen molar-refractivity contribution in [3.8, 4) is 17.2 Å². The van der Waals surface area contributed by atoms with Crippen molar-refractivity contribution in [2.75, 3.05) is 19.8 Å². The molecule has 2 aliphatic heterocycles. The van der Waals surface area contributed by atoms with E-state index >= 15 is 0 Å². The molecule has 0 spiro atoms. The van der Waals surface area contributed by atoms with E-state index in [2.05, 4.69) is 0 Å². The summed E-state index contributed by atoms with van der Waals surface area (Å²) in [6.45, 7) is -2.00. The smallest absolute Gasteiger partial charge is 0.229 e. The maximum absolute atomic E-state index is 12.6. The van der Waals surface area contributed by atoms with E-state index in [0.717, 1.165) is 6.07 Å². The second-order valence-corrected chi connectivity index (χ2v) is 9.28. The first-order valence-electron chi connectivity index (χ1n) is 12.0. The summed E-state index contributed by atoms with van der Waals surface area (Å²) in [5.41, 5.74) is -1.42. The molecule has 39 heavy (non-hydrogen) atoms. The number of ether oxygens (including phenoxy) is 4. The number of aromatic hydroxyl groups is 2. The Morgan fingerprint density at radius 1 is 1.03 bits per heavy atom. The number of phenols is 2. The fourth-order valence-electron chi connectivity index (χ4n) is 4.13. The third-order valence-corrected chi connectivity index (χ3v) is 6.50. The number of ketones is 1.